The minimum atomic E-state index is 0.0790. The van der Waals surface area contributed by atoms with E-state index in [0.29, 0.717) is 0 Å². The lowest BCUT2D eigenvalue weighted by molar-refractivity contribution is 0.281. The molecule has 0 amide bonds. The van der Waals surface area contributed by atoms with E-state index in [0.717, 1.165) is 17.9 Å². The van der Waals surface area contributed by atoms with E-state index in [1.54, 1.807) is 7.11 Å². The Hall–Kier alpha value is -1.84. The first-order valence-corrected chi connectivity index (χ1v) is 7.20. The van der Waals surface area contributed by atoms with Gasteiger partial charge in [0, 0.05) is 12.6 Å². The van der Waals surface area contributed by atoms with Crippen molar-refractivity contribution < 1.29 is 9.84 Å². The molecule has 112 valence electrons. The molecule has 21 heavy (non-hydrogen) atoms. The summed E-state index contributed by atoms with van der Waals surface area (Å²) in [4.78, 5) is 0. The molecule has 1 atom stereocenters. The van der Waals surface area contributed by atoms with Crippen LogP contribution in [0.5, 0.6) is 5.75 Å². The molecule has 1 unspecified atom stereocenters. The highest BCUT2D eigenvalue weighted by Gasteiger charge is 2.06. The minimum absolute atomic E-state index is 0.0790. The van der Waals surface area contributed by atoms with Crippen molar-refractivity contribution in [2.45, 2.75) is 33.0 Å². The molecule has 0 fully saturated rings. The van der Waals surface area contributed by atoms with Gasteiger partial charge in [0.15, 0.2) is 0 Å². The lowest BCUT2D eigenvalue weighted by Gasteiger charge is -2.16. The fraction of sp³-hybridized carbons (Fsp3) is 0.333. The number of ether oxygens (including phenoxy) is 1. The number of benzene rings is 2. The third-order valence-electron chi connectivity index (χ3n) is 3.59. The highest BCUT2D eigenvalue weighted by atomic mass is 16.5. The predicted octanol–water partition coefficient (Wildman–Crippen LogP) is 3.35. The Morgan fingerprint density at radius 1 is 1.14 bits per heavy atom. The van der Waals surface area contributed by atoms with Crippen LogP contribution in [-0.4, -0.2) is 12.2 Å². The number of aliphatic hydroxyl groups is 1. The molecule has 0 spiro atoms. The number of hydrogen-bond donors (Lipinski definition) is 2. The molecule has 0 heterocycles. The summed E-state index contributed by atoms with van der Waals surface area (Å²) < 4.78 is 5.30. The molecular weight excluding hydrogens is 262 g/mol. The average molecular weight is 285 g/mol. The fourth-order valence-corrected chi connectivity index (χ4v) is 2.39. The number of methoxy groups -OCH3 is 1. The molecule has 3 heteroatoms. The van der Waals surface area contributed by atoms with Gasteiger partial charge in [-0.2, -0.15) is 0 Å². The molecule has 2 rings (SSSR count). The Morgan fingerprint density at radius 3 is 2.67 bits per heavy atom. The summed E-state index contributed by atoms with van der Waals surface area (Å²) in [6, 6.07) is 14.5. The van der Waals surface area contributed by atoms with Crippen molar-refractivity contribution in [3.63, 3.8) is 0 Å². The second-order valence-electron chi connectivity index (χ2n) is 5.36. The van der Waals surface area contributed by atoms with E-state index >= 15 is 0 Å². The van der Waals surface area contributed by atoms with Gasteiger partial charge >= 0.3 is 0 Å². The number of aryl methyl sites for hydroxylation is 1. The van der Waals surface area contributed by atoms with E-state index in [9.17, 15) is 5.11 Å². The maximum Gasteiger partial charge on any atom is 0.119 e. The summed E-state index contributed by atoms with van der Waals surface area (Å²) >= 11 is 0. The van der Waals surface area contributed by atoms with Gasteiger partial charge in [0.25, 0.3) is 0 Å². The first kappa shape index (κ1) is 15.5. The summed E-state index contributed by atoms with van der Waals surface area (Å²) in [5.41, 5.74) is 4.53. The number of rotatable bonds is 6. The average Bonchev–Trinajstić information content (AvgIpc) is 2.52. The van der Waals surface area contributed by atoms with Gasteiger partial charge in [-0.1, -0.05) is 30.3 Å². The van der Waals surface area contributed by atoms with Crippen molar-refractivity contribution in [2.75, 3.05) is 7.11 Å². The van der Waals surface area contributed by atoms with Crippen molar-refractivity contribution in [3.05, 3.63) is 64.7 Å². The fourth-order valence-electron chi connectivity index (χ4n) is 2.39. The SMILES string of the molecule is COc1cc(C)cc(CNC(C)c2cccc(CO)c2)c1. The van der Waals surface area contributed by atoms with Gasteiger partial charge in [-0.3, -0.25) is 0 Å². The molecule has 0 aromatic heterocycles. The van der Waals surface area contributed by atoms with Crippen molar-refractivity contribution in [2.24, 2.45) is 0 Å². The normalized spacial score (nSPS) is 12.2. The van der Waals surface area contributed by atoms with E-state index < -0.39 is 0 Å². The molecular formula is C18H23NO2. The van der Waals surface area contributed by atoms with Gasteiger partial charge in [-0.05, 0) is 48.2 Å². The zero-order chi connectivity index (χ0) is 15.2. The molecule has 2 aromatic rings. The van der Waals surface area contributed by atoms with Crippen molar-refractivity contribution in [1.82, 2.24) is 5.32 Å². The maximum atomic E-state index is 9.21. The molecule has 0 aliphatic rings. The number of hydrogen-bond acceptors (Lipinski definition) is 3. The number of nitrogens with one attached hydrogen (secondary N) is 1. The largest absolute Gasteiger partial charge is 0.497 e. The zero-order valence-electron chi connectivity index (χ0n) is 12.9. The van der Waals surface area contributed by atoms with Crippen molar-refractivity contribution in [3.8, 4) is 5.75 Å². The van der Waals surface area contributed by atoms with Crippen LogP contribution in [0.4, 0.5) is 0 Å². The molecule has 2 N–H and O–H groups in total. The van der Waals surface area contributed by atoms with Crippen LogP contribution in [0.2, 0.25) is 0 Å². The monoisotopic (exact) mass is 285 g/mol. The Balaban J connectivity index is 2.03. The Kier molecular flexibility index (Phi) is 5.37. The van der Waals surface area contributed by atoms with Crippen LogP contribution >= 0.6 is 0 Å². The predicted molar refractivity (Wildman–Crippen MR) is 85.4 cm³/mol. The summed E-state index contributed by atoms with van der Waals surface area (Å²) in [6.45, 7) is 5.06. The summed E-state index contributed by atoms with van der Waals surface area (Å²) in [7, 11) is 1.69. The first-order valence-electron chi connectivity index (χ1n) is 7.20. The maximum absolute atomic E-state index is 9.21. The highest BCUT2D eigenvalue weighted by molar-refractivity contribution is 5.34. The van der Waals surface area contributed by atoms with Gasteiger partial charge in [0.1, 0.15) is 5.75 Å². The summed E-state index contributed by atoms with van der Waals surface area (Å²) in [5.74, 6) is 0.890. The van der Waals surface area contributed by atoms with Crippen LogP contribution in [-0.2, 0) is 13.2 Å². The van der Waals surface area contributed by atoms with Gasteiger partial charge in [0.2, 0.25) is 0 Å². The molecule has 0 saturated heterocycles. The van der Waals surface area contributed by atoms with Crippen LogP contribution in [0, 0.1) is 6.92 Å². The van der Waals surface area contributed by atoms with Crippen LogP contribution in [0.1, 0.15) is 35.2 Å². The van der Waals surface area contributed by atoms with Crippen LogP contribution in [0.25, 0.3) is 0 Å². The lowest BCUT2D eigenvalue weighted by atomic mass is 10.0. The summed E-state index contributed by atoms with van der Waals surface area (Å²) in [6.07, 6.45) is 0. The van der Waals surface area contributed by atoms with Crippen molar-refractivity contribution >= 4 is 0 Å². The molecule has 3 nitrogen and oxygen atoms in total. The van der Waals surface area contributed by atoms with E-state index in [1.807, 2.05) is 24.3 Å². The second kappa shape index (κ2) is 7.25. The third-order valence-corrected chi connectivity index (χ3v) is 3.59. The molecule has 0 radical (unpaired) electrons. The summed E-state index contributed by atoms with van der Waals surface area (Å²) in [5, 5.41) is 12.7. The molecule has 2 aromatic carbocycles. The smallest absolute Gasteiger partial charge is 0.119 e. The second-order valence-corrected chi connectivity index (χ2v) is 5.36. The van der Waals surface area contributed by atoms with E-state index in [2.05, 4.69) is 37.4 Å². The first-order chi connectivity index (χ1) is 10.1. The van der Waals surface area contributed by atoms with Crippen molar-refractivity contribution in [1.29, 1.82) is 0 Å². The molecule has 0 bridgehead atoms. The van der Waals surface area contributed by atoms with Gasteiger partial charge in [-0.25, -0.2) is 0 Å². The van der Waals surface area contributed by atoms with E-state index in [4.69, 9.17) is 4.74 Å². The van der Waals surface area contributed by atoms with Crippen LogP contribution in [0.15, 0.2) is 42.5 Å². The Labute approximate surface area is 126 Å². The highest BCUT2D eigenvalue weighted by Crippen LogP contribution is 2.18. The molecule has 0 aliphatic heterocycles. The standard InChI is InChI=1S/C18H23NO2/c1-13-7-16(10-18(8-13)21-3)11-19-14(2)17-6-4-5-15(9-17)12-20/h4-10,14,19-20H,11-12H2,1-3H3. The van der Waals surface area contributed by atoms with Crippen LogP contribution in [0.3, 0.4) is 0 Å². The van der Waals surface area contributed by atoms with Gasteiger partial charge < -0.3 is 15.2 Å². The van der Waals surface area contributed by atoms with E-state index in [-0.39, 0.29) is 12.6 Å². The quantitative estimate of drug-likeness (QED) is 0.855. The van der Waals surface area contributed by atoms with E-state index in [1.165, 1.54) is 16.7 Å². The van der Waals surface area contributed by atoms with Crippen LogP contribution < -0.4 is 10.1 Å². The number of aliphatic hydroxyl groups excluding tert-OH is 1. The third kappa shape index (κ3) is 4.31. The lowest BCUT2D eigenvalue weighted by Crippen LogP contribution is -2.18. The Morgan fingerprint density at radius 2 is 1.95 bits per heavy atom. The Bertz CT molecular complexity index is 596. The van der Waals surface area contributed by atoms with Gasteiger partial charge in [0.05, 0.1) is 13.7 Å². The topological polar surface area (TPSA) is 41.5 Å². The zero-order valence-corrected chi connectivity index (χ0v) is 12.9. The molecule has 0 saturated carbocycles. The van der Waals surface area contributed by atoms with Gasteiger partial charge in [-0.15, -0.1) is 0 Å². The molecule has 0 aliphatic carbocycles. The minimum Gasteiger partial charge on any atom is -0.497 e.